The van der Waals surface area contributed by atoms with Crippen LogP contribution in [0.1, 0.15) is 22.8 Å². The van der Waals surface area contributed by atoms with Crippen molar-refractivity contribution in [3.8, 4) is 0 Å². The second-order valence-electron chi connectivity index (χ2n) is 4.53. The van der Waals surface area contributed by atoms with E-state index in [2.05, 4.69) is 14.9 Å². The van der Waals surface area contributed by atoms with Gasteiger partial charge in [-0.15, -0.1) is 0 Å². The molecule has 1 aromatic carbocycles. The van der Waals surface area contributed by atoms with Crippen LogP contribution in [0.4, 0.5) is 5.69 Å². The van der Waals surface area contributed by atoms with Crippen molar-refractivity contribution in [3.63, 3.8) is 0 Å². The van der Waals surface area contributed by atoms with E-state index in [1.165, 1.54) is 0 Å². The molecule has 20 heavy (non-hydrogen) atoms. The maximum Gasteiger partial charge on any atom is 0.243 e. The Hall–Kier alpha value is -1.93. The Morgan fingerprint density at radius 3 is 2.50 bits per heavy atom. The number of aromatic nitrogens is 2. The number of sulfonamides is 1. The smallest absolute Gasteiger partial charge is 0.243 e. The van der Waals surface area contributed by atoms with Gasteiger partial charge in [0.25, 0.3) is 0 Å². The van der Waals surface area contributed by atoms with Gasteiger partial charge in [-0.05, 0) is 44.0 Å². The standard InChI is InChI=1S/C12H16N4O3S/c1-7-4-10(13)11(5-8(7)2)20(17,18)14-6-12-15-9(3)16-19-12/h4-5,14H,6,13H2,1-3H3. The van der Waals surface area contributed by atoms with Crippen molar-refractivity contribution < 1.29 is 12.9 Å². The first-order valence-corrected chi connectivity index (χ1v) is 7.43. The number of aryl methyl sites for hydroxylation is 3. The Morgan fingerprint density at radius 1 is 1.25 bits per heavy atom. The van der Waals surface area contributed by atoms with E-state index in [0.717, 1.165) is 11.1 Å². The van der Waals surface area contributed by atoms with Gasteiger partial charge in [0, 0.05) is 0 Å². The molecular formula is C12H16N4O3S. The molecule has 0 aliphatic heterocycles. The minimum Gasteiger partial charge on any atom is -0.398 e. The second-order valence-corrected chi connectivity index (χ2v) is 6.27. The number of rotatable bonds is 4. The maximum atomic E-state index is 12.2. The van der Waals surface area contributed by atoms with Crippen LogP contribution in [-0.4, -0.2) is 18.6 Å². The van der Waals surface area contributed by atoms with Crippen molar-refractivity contribution in [1.82, 2.24) is 14.9 Å². The molecule has 1 heterocycles. The first kappa shape index (κ1) is 14.5. The van der Waals surface area contributed by atoms with E-state index in [-0.39, 0.29) is 23.0 Å². The molecule has 0 atom stereocenters. The first-order chi connectivity index (χ1) is 9.29. The molecule has 0 saturated carbocycles. The van der Waals surface area contributed by atoms with Crippen molar-refractivity contribution in [3.05, 3.63) is 35.0 Å². The van der Waals surface area contributed by atoms with Crippen molar-refractivity contribution in [1.29, 1.82) is 0 Å². The van der Waals surface area contributed by atoms with Gasteiger partial charge in [-0.2, -0.15) is 4.98 Å². The van der Waals surface area contributed by atoms with Gasteiger partial charge >= 0.3 is 0 Å². The molecule has 3 N–H and O–H groups in total. The average Bonchev–Trinajstić information content (AvgIpc) is 2.77. The largest absolute Gasteiger partial charge is 0.398 e. The monoisotopic (exact) mass is 296 g/mol. The maximum absolute atomic E-state index is 12.2. The summed E-state index contributed by atoms with van der Waals surface area (Å²) in [5, 5.41) is 3.59. The number of anilines is 1. The van der Waals surface area contributed by atoms with Crippen LogP contribution < -0.4 is 10.5 Å². The van der Waals surface area contributed by atoms with Gasteiger partial charge in [0.15, 0.2) is 5.82 Å². The lowest BCUT2D eigenvalue weighted by Crippen LogP contribution is -2.24. The molecule has 2 rings (SSSR count). The van der Waals surface area contributed by atoms with Crippen molar-refractivity contribution in [2.75, 3.05) is 5.73 Å². The zero-order chi connectivity index (χ0) is 14.9. The number of nitrogens with two attached hydrogens (primary N) is 1. The third-order valence-electron chi connectivity index (χ3n) is 2.90. The first-order valence-electron chi connectivity index (χ1n) is 5.95. The van der Waals surface area contributed by atoms with E-state index in [0.29, 0.717) is 5.82 Å². The summed E-state index contributed by atoms with van der Waals surface area (Å²) >= 11 is 0. The number of benzene rings is 1. The van der Waals surface area contributed by atoms with Crippen molar-refractivity contribution in [2.45, 2.75) is 32.2 Å². The summed E-state index contributed by atoms with van der Waals surface area (Å²) in [5.41, 5.74) is 7.78. The topological polar surface area (TPSA) is 111 Å². The molecule has 1 aromatic heterocycles. The van der Waals surface area contributed by atoms with Crippen LogP contribution in [0.3, 0.4) is 0 Å². The minimum atomic E-state index is -3.72. The lowest BCUT2D eigenvalue weighted by Gasteiger charge is -2.10. The Kier molecular flexibility index (Phi) is 3.78. The van der Waals surface area contributed by atoms with Crippen LogP contribution in [0.5, 0.6) is 0 Å². The number of nitrogen functional groups attached to an aromatic ring is 1. The summed E-state index contributed by atoms with van der Waals surface area (Å²) in [4.78, 5) is 3.98. The van der Waals surface area contributed by atoms with Crippen LogP contribution in [0.25, 0.3) is 0 Å². The highest BCUT2D eigenvalue weighted by molar-refractivity contribution is 7.89. The normalized spacial score (nSPS) is 11.8. The fraction of sp³-hybridized carbons (Fsp3) is 0.333. The summed E-state index contributed by atoms with van der Waals surface area (Å²) in [5.74, 6) is 0.651. The van der Waals surface area contributed by atoms with E-state index in [1.54, 1.807) is 19.1 Å². The predicted octanol–water partition coefficient (Wildman–Crippen LogP) is 1.06. The Labute approximate surface area is 117 Å². The van der Waals surface area contributed by atoms with Crippen LogP contribution in [0.2, 0.25) is 0 Å². The van der Waals surface area contributed by atoms with Gasteiger partial charge in [0.1, 0.15) is 4.90 Å². The van der Waals surface area contributed by atoms with E-state index >= 15 is 0 Å². The summed E-state index contributed by atoms with van der Waals surface area (Å²) in [6.07, 6.45) is 0. The van der Waals surface area contributed by atoms with Gasteiger partial charge in [-0.3, -0.25) is 0 Å². The molecule has 0 amide bonds. The fourth-order valence-corrected chi connectivity index (χ4v) is 2.86. The summed E-state index contributed by atoms with van der Waals surface area (Å²) < 4.78 is 31.7. The number of nitrogens with one attached hydrogen (secondary N) is 1. The van der Waals surface area contributed by atoms with Crippen LogP contribution in [0, 0.1) is 20.8 Å². The molecule has 0 spiro atoms. The minimum absolute atomic E-state index is 0.0526. The number of hydrogen-bond acceptors (Lipinski definition) is 6. The lowest BCUT2D eigenvalue weighted by molar-refractivity contribution is 0.372. The molecule has 108 valence electrons. The van der Waals surface area contributed by atoms with Crippen molar-refractivity contribution >= 4 is 15.7 Å². The van der Waals surface area contributed by atoms with E-state index in [4.69, 9.17) is 10.3 Å². The molecule has 8 heteroatoms. The molecule has 0 aliphatic rings. The van der Waals surface area contributed by atoms with Crippen LogP contribution in [-0.2, 0) is 16.6 Å². The fourth-order valence-electron chi connectivity index (χ4n) is 1.69. The van der Waals surface area contributed by atoms with Crippen LogP contribution in [0.15, 0.2) is 21.6 Å². The highest BCUT2D eigenvalue weighted by Gasteiger charge is 2.19. The summed E-state index contributed by atoms with van der Waals surface area (Å²) in [6.45, 7) is 5.28. The zero-order valence-electron chi connectivity index (χ0n) is 11.5. The third-order valence-corrected chi connectivity index (χ3v) is 4.36. The highest BCUT2D eigenvalue weighted by atomic mass is 32.2. The predicted molar refractivity (Wildman–Crippen MR) is 73.4 cm³/mol. The molecule has 0 radical (unpaired) electrons. The van der Waals surface area contributed by atoms with Gasteiger partial charge in [-0.25, -0.2) is 13.1 Å². The lowest BCUT2D eigenvalue weighted by atomic mass is 10.1. The van der Waals surface area contributed by atoms with Crippen LogP contribution >= 0.6 is 0 Å². The van der Waals surface area contributed by atoms with E-state index < -0.39 is 10.0 Å². The quantitative estimate of drug-likeness (QED) is 0.816. The van der Waals surface area contributed by atoms with Crippen molar-refractivity contribution in [2.24, 2.45) is 0 Å². The molecule has 0 fully saturated rings. The molecule has 0 saturated heterocycles. The summed E-state index contributed by atoms with van der Waals surface area (Å²) in [7, 11) is -3.72. The average molecular weight is 296 g/mol. The Bertz CT molecular complexity index is 737. The second kappa shape index (κ2) is 5.22. The Balaban J connectivity index is 2.24. The number of hydrogen-bond donors (Lipinski definition) is 2. The molecular weight excluding hydrogens is 280 g/mol. The number of nitrogens with zero attached hydrogens (tertiary/aromatic N) is 2. The molecule has 0 bridgehead atoms. The zero-order valence-corrected chi connectivity index (χ0v) is 12.3. The SMILES string of the molecule is Cc1noc(CNS(=O)(=O)c2cc(C)c(C)cc2N)n1. The van der Waals surface area contributed by atoms with Gasteiger partial charge in [0.05, 0.1) is 12.2 Å². The molecule has 0 aliphatic carbocycles. The molecule has 0 unspecified atom stereocenters. The van der Waals surface area contributed by atoms with Gasteiger partial charge < -0.3 is 10.3 Å². The van der Waals surface area contributed by atoms with E-state index in [1.807, 2.05) is 13.8 Å². The highest BCUT2D eigenvalue weighted by Crippen LogP contribution is 2.22. The van der Waals surface area contributed by atoms with Gasteiger partial charge in [0.2, 0.25) is 15.9 Å². The third kappa shape index (κ3) is 2.97. The molecule has 2 aromatic rings. The van der Waals surface area contributed by atoms with E-state index in [9.17, 15) is 8.42 Å². The Morgan fingerprint density at radius 2 is 1.90 bits per heavy atom. The van der Waals surface area contributed by atoms with Gasteiger partial charge in [-0.1, -0.05) is 5.16 Å². The molecule has 7 nitrogen and oxygen atoms in total. The summed E-state index contributed by atoms with van der Waals surface area (Å²) in [6, 6.07) is 3.19.